The molecule has 0 aliphatic heterocycles. The van der Waals surface area contributed by atoms with Crippen LogP contribution in [0.5, 0.6) is 0 Å². The zero-order chi connectivity index (χ0) is 18.4. The van der Waals surface area contributed by atoms with Gasteiger partial charge in [0.2, 0.25) is 5.95 Å². The van der Waals surface area contributed by atoms with Crippen LogP contribution in [0.1, 0.15) is 28.2 Å². The van der Waals surface area contributed by atoms with Crippen molar-refractivity contribution < 1.29 is 0 Å². The fourth-order valence-electron chi connectivity index (χ4n) is 2.40. The van der Waals surface area contributed by atoms with Gasteiger partial charge in [-0.25, -0.2) is 9.97 Å². The Balaban J connectivity index is 1.47. The molecule has 0 saturated carbocycles. The fourth-order valence-corrected chi connectivity index (χ4v) is 3.28. The van der Waals surface area contributed by atoms with Crippen LogP contribution in [0, 0.1) is 13.8 Å². The smallest absolute Gasteiger partial charge is 0.255 e. The number of hydrogen-bond acceptors (Lipinski definition) is 6. The van der Waals surface area contributed by atoms with Gasteiger partial charge in [0.1, 0.15) is 0 Å². The van der Waals surface area contributed by atoms with Crippen LogP contribution < -0.4 is 10.9 Å². The Kier molecular flexibility index (Phi) is 6.06. The van der Waals surface area contributed by atoms with Gasteiger partial charge in [-0.1, -0.05) is 6.07 Å². The predicted molar refractivity (Wildman–Crippen MR) is 105 cm³/mol. The minimum atomic E-state index is -0.122. The van der Waals surface area contributed by atoms with E-state index < -0.39 is 0 Å². The van der Waals surface area contributed by atoms with Gasteiger partial charge in [0, 0.05) is 53.8 Å². The molecule has 0 aliphatic rings. The van der Waals surface area contributed by atoms with Crippen molar-refractivity contribution in [3.63, 3.8) is 0 Å². The van der Waals surface area contributed by atoms with Crippen LogP contribution in [-0.2, 0) is 12.2 Å². The summed E-state index contributed by atoms with van der Waals surface area (Å²) in [7, 11) is 0. The minimum Gasteiger partial charge on any atom is -0.355 e. The second-order valence-electron chi connectivity index (χ2n) is 6.02. The van der Waals surface area contributed by atoms with Crippen LogP contribution in [0.4, 0.5) is 5.95 Å². The van der Waals surface area contributed by atoms with Gasteiger partial charge in [-0.15, -0.1) is 0 Å². The topological polar surface area (TPSA) is 99.4 Å². The third-order valence-electron chi connectivity index (χ3n) is 3.95. The number of hydrogen-bond donors (Lipinski definition) is 3. The number of nitrogens with one attached hydrogen (secondary N) is 3. The Morgan fingerprint density at radius 3 is 2.73 bits per heavy atom. The lowest BCUT2D eigenvalue weighted by atomic mass is 10.1. The normalized spacial score (nSPS) is 10.8. The molecule has 0 spiro atoms. The third kappa shape index (κ3) is 4.95. The quantitative estimate of drug-likeness (QED) is 0.527. The standard InChI is InChI=1S/C18H22N6OS/c1-12-3-4-14(8-20-12)7-15-9-21-18(24-17(15)25)19-5-6-26-10-16-13(2)22-11-23-16/h3-4,8-9,11H,5-7,10H2,1-2H3,(H,22,23)(H2,19,21,24,25). The summed E-state index contributed by atoms with van der Waals surface area (Å²) < 4.78 is 0. The molecule has 3 heterocycles. The predicted octanol–water partition coefficient (Wildman–Crippen LogP) is 2.44. The van der Waals surface area contributed by atoms with E-state index in [-0.39, 0.29) is 5.56 Å². The van der Waals surface area contributed by atoms with Gasteiger partial charge in [0.15, 0.2) is 0 Å². The van der Waals surface area contributed by atoms with Crippen molar-refractivity contribution in [2.75, 3.05) is 17.6 Å². The molecule has 7 nitrogen and oxygen atoms in total. The van der Waals surface area contributed by atoms with E-state index in [1.54, 1.807) is 30.5 Å². The summed E-state index contributed by atoms with van der Waals surface area (Å²) in [5.41, 5.74) is 4.65. The first-order valence-electron chi connectivity index (χ1n) is 8.42. The maximum atomic E-state index is 12.2. The molecule has 3 aromatic heterocycles. The number of thioether (sulfide) groups is 1. The van der Waals surface area contributed by atoms with Gasteiger partial charge >= 0.3 is 0 Å². The summed E-state index contributed by atoms with van der Waals surface area (Å²) in [4.78, 5) is 30.9. The number of aromatic amines is 2. The fraction of sp³-hybridized carbons (Fsp3) is 0.333. The van der Waals surface area contributed by atoms with Crippen LogP contribution in [0.2, 0.25) is 0 Å². The van der Waals surface area contributed by atoms with Crippen LogP contribution in [0.3, 0.4) is 0 Å². The molecule has 8 heteroatoms. The van der Waals surface area contributed by atoms with Crippen molar-refractivity contribution in [1.29, 1.82) is 0 Å². The van der Waals surface area contributed by atoms with E-state index in [0.29, 0.717) is 17.9 Å². The first-order chi connectivity index (χ1) is 12.6. The molecule has 136 valence electrons. The maximum absolute atomic E-state index is 12.2. The lowest BCUT2D eigenvalue weighted by molar-refractivity contribution is 0.999. The first kappa shape index (κ1) is 18.2. The van der Waals surface area contributed by atoms with E-state index in [9.17, 15) is 4.79 Å². The number of anilines is 1. The largest absolute Gasteiger partial charge is 0.355 e. The molecule has 0 atom stereocenters. The van der Waals surface area contributed by atoms with Gasteiger partial charge in [0.05, 0.1) is 12.0 Å². The minimum absolute atomic E-state index is 0.122. The molecular formula is C18H22N6OS. The van der Waals surface area contributed by atoms with Crippen LogP contribution in [-0.4, -0.2) is 37.2 Å². The maximum Gasteiger partial charge on any atom is 0.255 e. The zero-order valence-corrected chi connectivity index (χ0v) is 15.7. The number of aromatic nitrogens is 5. The summed E-state index contributed by atoms with van der Waals surface area (Å²) in [6.45, 7) is 4.68. The molecule has 0 bridgehead atoms. The number of nitrogens with zero attached hydrogens (tertiary/aromatic N) is 3. The van der Waals surface area contributed by atoms with E-state index in [1.165, 1.54) is 0 Å². The van der Waals surface area contributed by atoms with Gasteiger partial charge in [-0.05, 0) is 25.5 Å². The Morgan fingerprint density at radius 1 is 1.15 bits per heavy atom. The van der Waals surface area contributed by atoms with E-state index in [1.807, 2.05) is 26.0 Å². The molecule has 3 aromatic rings. The molecular weight excluding hydrogens is 348 g/mol. The second-order valence-corrected chi connectivity index (χ2v) is 7.13. The van der Waals surface area contributed by atoms with Crippen molar-refractivity contribution in [2.45, 2.75) is 26.0 Å². The SMILES string of the molecule is Cc1ccc(Cc2cnc(NCCSCc3nc[nH]c3C)[nH]c2=O)cn1. The van der Waals surface area contributed by atoms with E-state index >= 15 is 0 Å². The molecule has 26 heavy (non-hydrogen) atoms. The van der Waals surface area contributed by atoms with E-state index in [0.717, 1.165) is 40.7 Å². The lowest BCUT2D eigenvalue weighted by Gasteiger charge is -2.06. The first-order valence-corrected chi connectivity index (χ1v) is 9.57. The van der Waals surface area contributed by atoms with Crippen molar-refractivity contribution in [3.8, 4) is 0 Å². The molecule has 3 rings (SSSR count). The number of H-pyrrole nitrogens is 2. The van der Waals surface area contributed by atoms with Crippen molar-refractivity contribution in [3.05, 3.63) is 69.4 Å². The average Bonchev–Trinajstić information content (AvgIpc) is 3.04. The Bertz CT molecular complexity index is 903. The molecule has 3 N–H and O–H groups in total. The Hall–Kier alpha value is -2.61. The number of pyridine rings is 1. The highest BCUT2D eigenvalue weighted by Gasteiger charge is 2.05. The molecule has 0 radical (unpaired) electrons. The van der Waals surface area contributed by atoms with Crippen molar-refractivity contribution in [2.24, 2.45) is 0 Å². The Labute approximate surface area is 156 Å². The zero-order valence-electron chi connectivity index (χ0n) is 14.9. The molecule has 0 fully saturated rings. The highest BCUT2D eigenvalue weighted by atomic mass is 32.2. The van der Waals surface area contributed by atoms with Gasteiger partial charge in [-0.2, -0.15) is 11.8 Å². The van der Waals surface area contributed by atoms with Crippen molar-refractivity contribution in [1.82, 2.24) is 24.9 Å². The molecule has 0 aliphatic carbocycles. The summed E-state index contributed by atoms with van der Waals surface area (Å²) in [5.74, 6) is 2.26. The van der Waals surface area contributed by atoms with Gasteiger partial charge < -0.3 is 10.3 Å². The lowest BCUT2D eigenvalue weighted by Crippen LogP contribution is -2.18. The third-order valence-corrected chi connectivity index (χ3v) is 4.92. The molecule has 0 aromatic carbocycles. The number of aryl methyl sites for hydroxylation is 2. The summed E-state index contributed by atoms with van der Waals surface area (Å²) in [5, 5.41) is 3.15. The van der Waals surface area contributed by atoms with Crippen molar-refractivity contribution >= 4 is 17.7 Å². The summed E-state index contributed by atoms with van der Waals surface area (Å²) in [6.07, 6.45) is 5.65. The van der Waals surface area contributed by atoms with Gasteiger partial charge in [-0.3, -0.25) is 14.8 Å². The van der Waals surface area contributed by atoms with E-state index in [2.05, 4.69) is 30.2 Å². The number of rotatable bonds is 8. The van der Waals surface area contributed by atoms with Gasteiger partial charge in [0.25, 0.3) is 5.56 Å². The Morgan fingerprint density at radius 2 is 2.04 bits per heavy atom. The number of imidazole rings is 1. The summed E-state index contributed by atoms with van der Waals surface area (Å²) in [6, 6.07) is 3.92. The molecule has 0 amide bonds. The molecule has 0 saturated heterocycles. The van der Waals surface area contributed by atoms with Crippen LogP contribution in [0.15, 0.2) is 35.6 Å². The highest BCUT2D eigenvalue weighted by molar-refractivity contribution is 7.98. The molecule has 0 unspecified atom stereocenters. The monoisotopic (exact) mass is 370 g/mol. The van der Waals surface area contributed by atoms with Crippen LogP contribution in [0.25, 0.3) is 0 Å². The van der Waals surface area contributed by atoms with E-state index in [4.69, 9.17) is 0 Å². The average molecular weight is 370 g/mol. The summed E-state index contributed by atoms with van der Waals surface area (Å²) >= 11 is 1.78. The van der Waals surface area contributed by atoms with Crippen LogP contribution >= 0.6 is 11.8 Å². The highest BCUT2D eigenvalue weighted by Crippen LogP contribution is 2.12. The second kappa shape index (κ2) is 8.66.